The van der Waals surface area contributed by atoms with Crippen LogP contribution in [0.3, 0.4) is 0 Å². The van der Waals surface area contributed by atoms with Crippen LogP contribution < -0.4 is 9.64 Å². The number of para-hydroxylation sites is 1. The first-order valence-corrected chi connectivity index (χ1v) is 9.67. The standard InChI is InChI=1S/C19H14BrN3O3S/c1-25-13-6-4-7-15-17(13)22-19(27-15)23(11-12-5-2-3-10-21-12)18(24)14-8-9-16(20)26-14/h2-10H,11H2,1H3. The number of nitrogens with zero attached hydrogens (tertiary/aromatic N) is 3. The number of carbonyl (C=O) groups is 1. The maximum Gasteiger partial charge on any atom is 0.296 e. The summed E-state index contributed by atoms with van der Waals surface area (Å²) in [7, 11) is 1.60. The molecule has 0 radical (unpaired) electrons. The highest BCUT2D eigenvalue weighted by atomic mass is 79.9. The van der Waals surface area contributed by atoms with Crippen LogP contribution in [0.2, 0.25) is 0 Å². The third-order valence-electron chi connectivity index (χ3n) is 3.90. The molecule has 0 fully saturated rings. The molecule has 0 saturated carbocycles. The van der Waals surface area contributed by atoms with Crippen molar-refractivity contribution < 1.29 is 13.9 Å². The molecule has 3 heterocycles. The number of hydrogen-bond donors (Lipinski definition) is 0. The summed E-state index contributed by atoms with van der Waals surface area (Å²) in [6, 6.07) is 14.6. The van der Waals surface area contributed by atoms with Crippen LogP contribution in [0.5, 0.6) is 5.75 Å². The topological polar surface area (TPSA) is 68.5 Å². The number of fused-ring (bicyclic) bond motifs is 1. The Bertz CT molecular complexity index is 1090. The Hall–Kier alpha value is -2.71. The summed E-state index contributed by atoms with van der Waals surface area (Å²) in [5, 5.41) is 0.553. The van der Waals surface area contributed by atoms with E-state index in [1.165, 1.54) is 11.3 Å². The molecule has 136 valence electrons. The summed E-state index contributed by atoms with van der Waals surface area (Å²) >= 11 is 4.66. The van der Waals surface area contributed by atoms with E-state index in [2.05, 4.69) is 25.9 Å². The number of hydrogen-bond acceptors (Lipinski definition) is 6. The van der Waals surface area contributed by atoms with Crippen LogP contribution in [-0.2, 0) is 6.54 Å². The van der Waals surface area contributed by atoms with Crippen molar-refractivity contribution in [2.24, 2.45) is 0 Å². The zero-order valence-corrected chi connectivity index (χ0v) is 16.7. The molecule has 1 amide bonds. The predicted molar refractivity (Wildman–Crippen MR) is 107 cm³/mol. The molecule has 0 aliphatic heterocycles. The Morgan fingerprint density at radius 1 is 1.22 bits per heavy atom. The van der Waals surface area contributed by atoms with Gasteiger partial charge in [0.05, 0.1) is 24.0 Å². The molecule has 0 aliphatic rings. The third-order valence-corrected chi connectivity index (χ3v) is 5.37. The monoisotopic (exact) mass is 443 g/mol. The number of benzene rings is 1. The number of aromatic nitrogens is 2. The number of furan rings is 1. The number of thiazole rings is 1. The lowest BCUT2D eigenvalue weighted by Gasteiger charge is -2.18. The second-order valence-electron chi connectivity index (χ2n) is 5.62. The van der Waals surface area contributed by atoms with Gasteiger partial charge >= 0.3 is 0 Å². The lowest BCUT2D eigenvalue weighted by molar-refractivity contribution is 0.0957. The Morgan fingerprint density at radius 2 is 2.11 bits per heavy atom. The molecular weight excluding hydrogens is 430 g/mol. The van der Waals surface area contributed by atoms with E-state index < -0.39 is 0 Å². The van der Waals surface area contributed by atoms with E-state index in [1.807, 2.05) is 36.4 Å². The smallest absolute Gasteiger partial charge is 0.296 e. The summed E-state index contributed by atoms with van der Waals surface area (Å²) in [4.78, 5) is 23.7. The van der Waals surface area contributed by atoms with Crippen molar-refractivity contribution in [3.8, 4) is 5.75 Å². The number of pyridine rings is 1. The molecule has 27 heavy (non-hydrogen) atoms. The average Bonchev–Trinajstić information content (AvgIpc) is 3.32. The summed E-state index contributed by atoms with van der Waals surface area (Å²) in [6.45, 7) is 0.278. The van der Waals surface area contributed by atoms with E-state index in [9.17, 15) is 4.79 Å². The fourth-order valence-electron chi connectivity index (χ4n) is 2.63. The quantitative estimate of drug-likeness (QED) is 0.438. The Morgan fingerprint density at radius 3 is 2.81 bits per heavy atom. The number of halogens is 1. The lowest BCUT2D eigenvalue weighted by Crippen LogP contribution is -2.30. The molecule has 0 N–H and O–H groups in total. The van der Waals surface area contributed by atoms with Crippen molar-refractivity contribution in [1.82, 2.24) is 9.97 Å². The maximum absolute atomic E-state index is 13.1. The number of anilines is 1. The van der Waals surface area contributed by atoms with Gasteiger partial charge in [-0.15, -0.1) is 0 Å². The molecule has 4 aromatic rings. The molecule has 0 spiro atoms. The van der Waals surface area contributed by atoms with Gasteiger partial charge in [0.2, 0.25) is 0 Å². The normalized spacial score (nSPS) is 10.9. The van der Waals surface area contributed by atoms with Gasteiger partial charge in [0, 0.05) is 6.20 Å². The first-order valence-electron chi connectivity index (χ1n) is 8.06. The van der Waals surface area contributed by atoms with Gasteiger partial charge in [0.25, 0.3) is 5.91 Å². The fourth-order valence-corrected chi connectivity index (χ4v) is 3.92. The van der Waals surface area contributed by atoms with Crippen molar-refractivity contribution in [3.05, 3.63) is 70.9 Å². The molecule has 3 aromatic heterocycles. The zero-order chi connectivity index (χ0) is 18.8. The summed E-state index contributed by atoms with van der Waals surface area (Å²) in [5.74, 6) is 0.606. The minimum atomic E-state index is -0.288. The number of methoxy groups -OCH3 is 1. The van der Waals surface area contributed by atoms with Gasteiger partial charge in [-0.2, -0.15) is 0 Å². The van der Waals surface area contributed by atoms with Crippen LogP contribution in [0.25, 0.3) is 10.2 Å². The van der Waals surface area contributed by atoms with Crippen LogP contribution >= 0.6 is 27.3 Å². The predicted octanol–water partition coefficient (Wildman–Crippen LogP) is 4.90. The molecule has 6 nitrogen and oxygen atoms in total. The largest absolute Gasteiger partial charge is 0.494 e. The van der Waals surface area contributed by atoms with Gasteiger partial charge in [0.15, 0.2) is 15.6 Å². The molecule has 0 atom stereocenters. The van der Waals surface area contributed by atoms with Crippen molar-refractivity contribution >= 4 is 48.5 Å². The molecule has 4 rings (SSSR count). The first-order chi connectivity index (χ1) is 13.2. The Kier molecular flexibility index (Phi) is 4.91. The van der Waals surface area contributed by atoms with E-state index in [0.717, 1.165) is 15.9 Å². The summed E-state index contributed by atoms with van der Waals surface area (Å²) in [5.41, 5.74) is 1.47. The Balaban J connectivity index is 1.78. The van der Waals surface area contributed by atoms with E-state index in [0.29, 0.717) is 15.6 Å². The molecule has 0 saturated heterocycles. The van der Waals surface area contributed by atoms with Gasteiger partial charge in [-0.05, 0) is 52.3 Å². The van der Waals surface area contributed by atoms with E-state index in [4.69, 9.17) is 9.15 Å². The van der Waals surface area contributed by atoms with Crippen LogP contribution in [0.1, 0.15) is 16.2 Å². The number of rotatable bonds is 5. The van der Waals surface area contributed by atoms with Crippen LogP contribution in [-0.4, -0.2) is 23.0 Å². The highest BCUT2D eigenvalue weighted by Crippen LogP contribution is 2.35. The van der Waals surface area contributed by atoms with Gasteiger partial charge in [-0.3, -0.25) is 14.7 Å². The molecule has 0 bridgehead atoms. The fraction of sp³-hybridized carbons (Fsp3) is 0.105. The molecular formula is C19H14BrN3O3S. The maximum atomic E-state index is 13.1. The highest BCUT2D eigenvalue weighted by Gasteiger charge is 2.25. The zero-order valence-electron chi connectivity index (χ0n) is 14.3. The van der Waals surface area contributed by atoms with E-state index >= 15 is 0 Å². The third kappa shape index (κ3) is 3.58. The van der Waals surface area contributed by atoms with Gasteiger partial charge in [0.1, 0.15) is 11.3 Å². The second kappa shape index (κ2) is 7.50. The number of carbonyl (C=O) groups excluding carboxylic acids is 1. The van der Waals surface area contributed by atoms with E-state index in [-0.39, 0.29) is 18.2 Å². The molecule has 1 aromatic carbocycles. The van der Waals surface area contributed by atoms with Gasteiger partial charge in [-0.1, -0.05) is 23.5 Å². The van der Waals surface area contributed by atoms with Crippen LogP contribution in [0.4, 0.5) is 5.13 Å². The highest BCUT2D eigenvalue weighted by molar-refractivity contribution is 9.10. The van der Waals surface area contributed by atoms with Crippen LogP contribution in [0, 0.1) is 0 Å². The van der Waals surface area contributed by atoms with Crippen LogP contribution in [0.15, 0.2) is 63.8 Å². The Labute approximate surface area is 167 Å². The summed E-state index contributed by atoms with van der Waals surface area (Å²) < 4.78 is 12.3. The van der Waals surface area contributed by atoms with Crippen molar-refractivity contribution in [2.45, 2.75) is 6.54 Å². The van der Waals surface area contributed by atoms with Crippen molar-refractivity contribution in [3.63, 3.8) is 0 Å². The van der Waals surface area contributed by atoms with Gasteiger partial charge in [-0.25, -0.2) is 4.98 Å². The SMILES string of the molecule is COc1cccc2sc(N(Cc3ccccn3)C(=O)c3ccc(Br)o3)nc12. The van der Waals surface area contributed by atoms with Crippen molar-refractivity contribution in [1.29, 1.82) is 0 Å². The second-order valence-corrected chi connectivity index (χ2v) is 7.41. The van der Waals surface area contributed by atoms with Crippen molar-refractivity contribution in [2.75, 3.05) is 12.0 Å². The number of ether oxygens (including phenoxy) is 1. The minimum absolute atomic E-state index is 0.226. The lowest BCUT2D eigenvalue weighted by atomic mass is 10.3. The molecule has 0 aliphatic carbocycles. The number of amides is 1. The average molecular weight is 444 g/mol. The minimum Gasteiger partial charge on any atom is -0.494 e. The first kappa shape index (κ1) is 17.7. The molecule has 0 unspecified atom stereocenters. The summed E-state index contributed by atoms with van der Waals surface area (Å²) in [6.07, 6.45) is 1.70. The van der Waals surface area contributed by atoms with Gasteiger partial charge < -0.3 is 9.15 Å². The van der Waals surface area contributed by atoms with E-state index in [1.54, 1.807) is 30.3 Å². The molecule has 8 heteroatoms.